The fourth-order valence-electron chi connectivity index (χ4n) is 4.38. The SMILES string of the molecule is C=COC(=O)[P+](CCCCCCCC)(CCCCCCCC)CCCCCCCC.[Cl-]. The molecule has 0 aliphatic rings. The van der Waals surface area contributed by atoms with Crippen LogP contribution in [0.2, 0.25) is 0 Å². The Morgan fingerprint density at radius 1 is 0.613 bits per heavy atom. The van der Waals surface area contributed by atoms with Gasteiger partial charge in [-0.15, -0.1) is 0 Å². The Morgan fingerprint density at radius 3 is 1.19 bits per heavy atom. The molecule has 0 atom stereocenters. The molecule has 0 heterocycles. The fraction of sp³-hybridized carbons (Fsp3) is 0.889. The Bertz CT molecular complexity index is 360. The van der Waals surface area contributed by atoms with Crippen LogP contribution in [0.1, 0.15) is 136 Å². The van der Waals surface area contributed by atoms with Crippen LogP contribution in [-0.2, 0) is 4.74 Å². The summed E-state index contributed by atoms with van der Waals surface area (Å²) in [6.07, 6.45) is 28.0. The van der Waals surface area contributed by atoms with Gasteiger partial charge in [0.05, 0.1) is 24.7 Å². The van der Waals surface area contributed by atoms with Crippen molar-refractivity contribution in [2.45, 2.75) is 136 Å². The van der Waals surface area contributed by atoms with Crippen LogP contribution in [0, 0.1) is 0 Å². The molecule has 2 nitrogen and oxygen atoms in total. The summed E-state index contributed by atoms with van der Waals surface area (Å²) in [6.45, 7) is 10.5. The molecule has 0 radical (unpaired) electrons. The number of halogens is 1. The lowest BCUT2D eigenvalue weighted by Crippen LogP contribution is -3.00. The number of hydrogen-bond donors (Lipinski definition) is 0. The molecule has 186 valence electrons. The third-order valence-corrected chi connectivity index (χ3v) is 10.8. The summed E-state index contributed by atoms with van der Waals surface area (Å²) in [5.74, 6) is 0. The fourth-order valence-corrected chi connectivity index (χ4v) is 8.38. The van der Waals surface area contributed by atoms with Gasteiger partial charge in [-0.25, -0.2) is 4.79 Å². The molecule has 0 bridgehead atoms. The first-order valence-electron chi connectivity index (χ1n) is 13.3. The normalized spacial score (nSPS) is 11.2. The minimum Gasteiger partial charge on any atom is -1.00 e. The Balaban J connectivity index is 0. The van der Waals surface area contributed by atoms with E-state index in [4.69, 9.17) is 4.74 Å². The monoisotopic (exact) mass is 476 g/mol. The quantitative estimate of drug-likeness (QED) is 0.0873. The largest absolute Gasteiger partial charge is 1.00 e. The van der Waals surface area contributed by atoms with E-state index in [1.807, 2.05) is 0 Å². The maximum absolute atomic E-state index is 13.1. The van der Waals surface area contributed by atoms with E-state index in [0.29, 0.717) is 0 Å². The molecule has 0 rings (SSSR count). The van der Waals surface area contributed by atoms with Crippen LogP contribution in [-0.4, -0.2) is 24.2 Å². The van der Waals surface area contributed by atoms with Crippen LogP contribution in [0.15, 0.2) is 12.8 Å². The van der Waals surface area contributed by atoms with Gasteiger partial charge in [0.15, 0.2) is 0 Å². The summed E-state index contributed by atoms with van der Waals surface area (Å²) in [7, 11) is -1.70. The molecule has 0 unspecified atom stereocenters. The maximum atomic E-state index is 13.1. The predicted molar refractivity (Wildman–Crippen MR) is 138 cm³/mol. The van der Waals surface area contributed by atoms with E-state index in [1.165, 1.54) is 122 Å². The first-order valence-corrected chi connectivity index (χ1v) is 15.7. The summed E-state index contributed by atoms with van der Waals surface area (Å²) >= 11 is 0. The van der Waals surface area contributed by atoms with Crippen LogP contribution < -0.4 is 12.4 Å². The number of ether oxygens (including phenoxy) is 1. The molecule has 0 aromatic rings. The smallest absolute Gasteiger partial charge is 0.455 e. The number of unbranched alkanes of at least 4 members (excludes halogenated alkanes) is 15. The van der Waals surface area contributed by atoms with Crippen molar-refractivity contribution in [3.8, 4) is 0 Å². The summed E-state index contributed by atoms with van der Waals surface area (Å²) in [6, 6.07) is 0. The zero-order valence-electron chi connectivity index (χ0n) is 21.3. The van der Waals surface area contributed by atoms with Gasteiger partial charge in [0.1, 0.15) is 7.26 Å². The number of rotatable bonds is 23. The lowest BCUT2D eigenvalue weighted by Gasteiger charge is -2.24. The van der Waals surface area contributed by atoms with E-state index in [1.54, 1.807) is 0 Å². The first kappa shape index (κ1) is 33.1. The van der Waals surface area contributed by atoms with Crippen LogP contribution >= 0.6 is 7.26 Å². The van der Waals surface area contributed by atoms with Crippen LogP contribution in [0.4, 0.5) is 4.79 Å². The van der Waals surface area contributed by atoms with Gasteiger partial charge in [0, 0.05) is 0 Å². The standard InChI is InChI=1S/C27H54O2P.ClH/c1-5-9-12-15-18-21-24-30(27(28)29-8-4,25-22-19-16-13-10-6-2)26-23-20-17-14-11-7-3;/h8H,4-7,9-26H2,1-3H3;1H/q+1;/p-1. The van der Waals surface area contributed by atoms with E-state index >= 15 is 0 Å². The highest BCUT2D eigenvalue weighted by atomic mass is 35.5. The molecule has 0 aliphatic heterocycles. The zero-order chi connectivity index (χ0) is 22.3. The van der Waals surface area contributed by atoms with Crippen molar-refractivity contribution < 1.29 is 21.9 Å². The first-order chi connectivity index (χ1) is 14.7. The molecule has 0 spiro atoms. The number of carbonyl (C=O) groups is 1. The van der Waals surface area contributed by atoms with Gasteiger partial charge < -0.3 is 17.1 Å². The molecular formula is C27H54ClO2P. The molecule has 0 aliphatic carbocycles. The Kier molecular flexibility index (Phi) is 26.2. The molecule has 0 saturated heterocycles. The van der Waals surface area contributed by atoms with Crippen LogP contribution in [0.5, 0.6) is 0 Å². The molecule has 0 N–H and O–H groups in total. The maximum Gasteiger partial charge on any atom is 0.455 e. The topological polar surface area (TPSA) is 26.3 Å². The van der Waals surface area contributed by atoms with Crippen molar-refractivity contribution in [1.29, 1.82) is 0 Å². The van der Waals surface area contributed by atoms with Gasteiger partial charge in [-0.05, 0) is 38.5 Å². The minimum atomic E-state index is -1.70. The second-order valence-electron chi connectivity index (χ2n) is 9.17. The third kappa shape index (κ3) is 18.1. The summed E-state index contributed by atoms with van der Waals surface area (Å²) < 4.78 is 5.47. The van der Waals surface area contributed by atoms with Crippen molar-refractivity contribution in [2.75, 3.05) is 18.5 Å². The lowest BCUT2D eigenvalue weighted by atomic mass is 10.1. The second kappa shape index (κ2) is 24.6. The average Bonchev–Trinajstić information content (AvgIpc) is 2.75. The van der Waals surface area contributed by atoms with E-state index < -0.39 is 7.26 Å². The third-order valence-electron chi connectivity index (χ3n) is 6.39. The highest BCUT2D eigenvalue weighted by Gasteiger charge is 2.46. The van der Waals surface area contributed by atoms with Gasteiger partial charge >= 0.3 is 5.71 Å². The Labute approximate surface area is 202 Å². The summed E-state index contributed by atoms with van der Waals surface area (Å²) in [5.41, 5.74) is 0.105. The zero-order valence-corrected chi connectivity index (χ0v) is 22.9. The molecular weight excluding hydrogens is 423 g/mol. The van der Waals surface area contributed by atoms with Gasteiger partial charge in [0.2, 0.25) is 0 Å². The van der Waals surface area contributed by atoms with E-state index in [2.05, 4.69) is 27.4 Å². The van der Waals surface area contributed by atoms with E-state index in [0.717, 1.165) is 18.5 Å². The average molecular weight is 477 g/mol. The van der Waals surface area contributed by atoms with Crippen molar-refractivity contribution in [3.63, 3.8) is 0 Å². The molecule has 0 fully saturated rings. The van der Waals surface area contributed by atoms with E-state index in [-0.39, 0.29) is 18.1 Å². The van der Waals surface area contributed by atoms with Crippen molar-refractivity contribution in [3.05, 3.63) is 12.8 Å². The van der Waals surface area contributed by atoms with Crippen molar-refractivity contribution in [2.24, 2.45) is 0 Å². The van der Waals surface area contributed by atoms with Gasteiger partial charge in [0.25, 0.3) is 0 Å². The molecule has 4 heteroatoms. The highest BCUT2D eigenvalue weighted by Crippen LogP contribution is 2.62. The van der Waals surface area contributed by atoms with Gasteiger partial charge in [-0.1, -0.05) is 104 Å². The molecule has 0 aromatic heterocycles. The van der Waals surface area contributed by atoms with E-state index in [9.17, 15) is 4.79 Å². The van der Waals surface area contributed by atoms with Crippen molar-refractivity contribution in [1.82, 2.24) is 0 Å². The minimum absolute atomic E-state index is 0. The summed E-state index contributed by atoms with van der Waals surface area (Å²) in [5, 5.41) is 0. The van der Waals surface area contributed by atoms with Crippen LogP contribution in [0.3, 0.4) is 0 Å². The highest BCUT2D eigenvalue weighted by molar-refractivity contribution is 7.90. The number of carbonyl (C=O) groups excluding carboxylic acids is 1. The van der Waals surface area contributed by atoms with Crippen LogP contribution in [0.25, 0.3) is 0 Å². The molecule has 31 heavy (non-hydrogen) atoms. The molecule has 0 saturated carbocycles. The Morgan fingerprint density at radius 2 is 0.903 bits per heavy atom. The lowest BCUT2D eigenvalue weighted by molar-refractivity contribution is -0.0000108. The Hall–Kier alpha value is -0.0700. The van der Waals surface area contributed by atoms with Crippen molar-refractivity contribution >= 4 is 13.0 Å². The molecule has 0 aromatic carbocycles. The van der Waals surface area contributed by atoms with Gasteiger partial charge in [-0.2, -0.15) is 0 Å². The molecule has 0 amide bonds. The predicted octanol–water partition coefficient (Wildman–Crippen LogP) is 7.37. The number of hydrogen-bond acceptors (Lipinski definition) is 2. The summed E-state index contributed by atoms with van der Waals surface area (Å²) in [4.78, 5) is 13.1. The second-order valence-corrected chi connectivity index (χ2v) is 13.2. The van der Waals surface area contributed by atoms with Gasteiger partial charge in [-0.3, -0.25) is 0 Å².